The van der Waals surface area contributed by atoms with Crippen LogP contribution < -0.4 is 10.6 Å². The molecular formula is C23H20N2O2. The van der Waals surface area contributed by atoms with E-state index in [-0.39, 0.29) is 11.7 Å². The van der Waals surface area contributed by atoms with Crippen LogP contribution in [0.25, 0.3) is 5.70 Å². The maximum atomic E-state index is 12.7. The number of hydrogen-bond donors (Lipinski definition) is 2. The number of carbonyl (C=O) groups is 2. The Morgan fingerprint density at radius 2 is 1.15 bits per heavy atom. The number of anilines is 2. The van der Waals surface area contributed by atoms with Crippen LogP contribution in [0.5, 0.6) is 0 Å². The number of benzene rings is 3. The van der Waals surface area contributed by atoms with Gasteiger partial charge in [0.1, 0.15) is 0 Å². The predicted octanol–water partition coefficient (Wildman–Crippen LogP) is 4.98. The van der Waals surface area contributed by atoms with Crippen molar-refractivity contribution >= 4 is 28.8 Å². The van der Waals surface area contributed by atoms with Gasteiger partial charge in [-0.25, -0.2) is 0 Å². The number of para-hydroxylation sites is 2. The normalized spacial score (nSPS) is 10.9. The Kier molecular flexibility index (Phi) is 5.80. The number of allylic oxidation sites excluding steroid dienone is 1. The van der Waals surface area contributed by atoms with Crippen molar-refractivity contribution < 1.29 is 9.59 Å². The largest absolute Gasteiger partial charge is 0.353 e. The zero-order valence-electron chi connectivity index (χ0n) is 15.0. The maximum absolute atomic E-state index is 12.7. The topological polar surface area (TPSA) is 58.2 Å². The molecule has 2 N–H and O–H groups in total. The summed E-state index contributed by atoms with van der Waals surface area (Å²) in [6.45, 7) is 1.46. The first-order valence-electron chi connectivity index (χ1n) is 8.63. The van der Waals surface area contributed by atoms with Crippen LogP contribution in [0.2, 0.25) is 0 Å². The molecule has 0 saturated heterocycles. The fourth-order valence-electron chi connectivity index (χ4n) is 2.66. The minimum Gasteiger partial charge on any atom is -0.353 e. The van der Waals surface area contributed by atoms with Gasteiger partial charge in [0, 0.05) is 24.3 Å². The van der Waals surface area contributed by atoms with Crippen molar-refractivity contribution in [1.82, 2.24) is 0 Å². The monoisotopic (exact) mass is 356 g/mol. The van der Waals surface area contributed by atoms with E-state index in [1.165, 1.54) is 6.92 Å². The molecule has 0 atom stereocenters. The van der Waals surface area contributed by atoms with Crippen molar-refractivity contribution in [3.05, 3.63) is 102 Å². The van der Waals surface area contributed by atoms with Gasteiger partial charge in [-0.2, -0.15) is 0 Å². The Labute approximate surface area is 158 Å². The highest BCUT2D eigenvalue weighted by molar-refractivity contribution is 6.10. The molecule has 0 aromatic heterocycles. The van der Waals surface area contributed by atoms with Crippen molar-refractivity contribution in [2.75, 3.05) is 10.6 Å². The van der Waals surface area contributed by atoms with Gasteiger partial charge >= 0.3 is 0 Å². The molecule has 3 aromatic carbocycles. The fraction of sp³-hybridized carbons (Fsp3) is 0.0435. The third-order valence-corrected chi connectivity index (χ3v) is 3.93. The molecular weight excluding hydrogens is 336 g/mol. The molecule has 4 heteroatoms. The second kappa shape index (κ2) is 8.63. The zero-order chi connectivity index (χ0) is 19.1. The summed E-state index contributed by atoms with van der Waals surface area (Å²) in [5.41, 5.74) is 3.51. The predicted molar refractivity (Wildman–Crippen MR) is 110 cm³/mol. The van der Waals surface area contributed by atoms with Crippen LogP contribution in [0, 0.1) is 0 Å². The standard InChI is InChI=1S/C23H20N2O2/c1-17(26)24-20-14-8-9-15-21(20)25-22(18-10-4-2-5-11-18)16-23(27)19-12-6-3-7-13-19/h2-16,25H,1H3,(H,24,26)/b22-16-. The highest BCUT2D eigenvalue weighted by Crippen LogP contribution is 2.26. The summed E-state index contributed by atoms with van der Waals surface area (Å²) in [7, 11) is 0. The number of ketones is 1. The van der Waals surface area contributed by atoms with E-state index in [1.54, 1.807) is 18.2 Å². The van der Waals surface area contributed by atoms with E-state index in [0.29, 0.717) is 22.6 Å². The number of hydrogen-bond acceptors (Lipinski definition) is 3. The smallest absolute Gasteiger partial charge is 0.221 e. The van der Waals surface area contributed by atoms with Crippen molar-refractivity contribution in [1.29, 1.82) is 0 Å². The summed E-state index contributed by atoms with van der Waals surface area (Å²) < 4.78 is 0. The second-order valence-electron chi connectivity index (χ2n) is 6.01. The van der Waals surface area contributed by atoms with Gasteiger partial charge in [0.05, 0.1) is 11.4 Å². The summed E-state index contributed by atoms with van der Waals surface area (Å²) in [5.74, 6) is -0.256. The minimum atomic E-state index is -0.158. The highest BCUT2D eigenvalue weighted by Gasteiger charge is 2.10. The molecule has 0 heterocycles. The number of nitrogens with one attached hydrogen (secondary N) is 2. The first kappa shape index (κ1) is 18.1. The van der Waals surface area contributed by atoms with Gasteiger partial charge in [-0.3, -0.25) is 9.59 Å². The van der Waals surface area contributed by atoms with Gasteiger partial charge in [-0.1, -0.05) is 72.8 Å². The molecule has 134 valence electrons. The van der Waals surface area contributed by atoms with E-state index in [9.17, 15) is 9.59 Å². The average molecular weight is 356 g/mol. The Balaban J connectivity index is 1.98. The number of amides is 1. The molecule has 0 bridgehead atoms. The number of carbonyl (C=O) groups excluding carboxylic acids is 2. The van der Waals surface area contributed by atoms with Crippen LogP contribution in [0.4, 0.5) is 11.4 Å². The lowest BCUT2D eigenvalue weighted by Crippen LogP contribution is -2.10. The molecule has 0 fully saturated rings. The van der Waals surface area contributed by atoms with Crippen LogP contribution in [-0.2, 0) is 4.79 Å². The summed E-state index contributed by atoms with van der Waals surface area (Å²) in [5, 5.41) is 6.10. The van der Waals surface area contributed by atoms with Crippen molar-refractivity contribution in [2.45, 2.75) is 6.92 Å². The molecule has 3 rings (SSSR count). The van der Waals surface area contributed by atoms with E-state index < -0.39 is 0 Å². The van der Waals surface area contributed by atoms with E-state index in [4.69, 9.17) is 0 Å². The number of rotatable bonds is 6. The summed E-state index contributed by atoms with van der Waals surface area (Å²) in [4.78, 5) is 24.2. The van der Waals surface area contributed by atoms with Gasteiger partial charge in [0.15, 0.2) is 5.78 Å². The Morgan fingerprint density at radius 3 is 1.70 bits per heavy atom. The van der Waals surface area contributed by atoms with Gasteiger partial charge in [-0.15, -0.1) is 0 Å². The van der Waals surface area contributed by atoms with Crippen molar-refractivity contribution in [2.24, 2.45) is 0 Å². The third kappa shape index (κ3) is 4.92. The SMILES string of the molecule is CC(=O)Nc1ccccc1N/C(=C\C(=O)c1ccccc1)c1ccccc1. The molecule has 0 spiro atoms. The summed E-state index contributed by atoms with van der Waals surface area (Å²) in [6, 6.07) is 26.1. The fourth-order valence-corrected chi connectivity index (χ4v) is 2.66. The van der Waals surface area contributed by atoms with Crippen molar-refractivity contribution in [3.63, 3.8) is 0 Å². The minimum absolute atomic E-state index is 0.0982. The van der Waals surface area contributed by atoms with Crippen LogP contribution in [0.15, 0.2) is 91.0 Å². The molecule has 0 radical (unpaired) electrons. The van der Waals surface area contributed by atoms with Gasteiger partial charge in [0.25, 0.3) is 0 Å². The highest BCUT2D eigenvalue weighted by atomic mass is 16.1. The molecule has 1 amide bonds. The quantitative estimate of drug-likeness (QED) is 0.484. The second-order valence-corrected chi connectivity index (χ2v) is 6.01. The first-order chi connectivity index (χ1) is 13.1. The maximum Gasteiger partial charge on any atom is 0.221 e. The molecule has 0 unspecified atom stereocenters. The Hall–Kier alpha value is -3.66. The van der Waals surface area contributed by atoms with E-state index in [0.717, 1.165) is 5.56 Å². The van der Waals surface area contributed by atoms with Crippen LogP contribution in [-0.4, -0.2) is 11.7 Å². The first-order valence-corrected chi connectivity index (χ1v) is 8.63. The lowest BCUT2D eigenvalue weighted by Gasteiger charge is -2.15. The molecule has 4 nitrogen and oxygen atoms in total. The van der Waals surface area contributed by atoms with E-state index in [2.05, 4.69) is 10.6 Å². The van der Waals surface area contributed by atoms with Gasteiger partial charge in [-0.05, 0) is 17.7 Å². The molecule has 0 aliphatic heterocycles. The van der Waals surface area contributed by atoms with E-state index >= 15 is 0 Å². The molecule has 0 aliphatic rings. The van der Waals surface area contributed by atoms with Gasteiger partial charge in [0.2, 0.25) is 5.91 Å². The third-order valence-electron chi connectivity index (χ3n) is 3.93. The van der Waals surface area contributed by atoms with Crippen molar-refractivity contribution in [3.8, 4) is 0 Å². The molecule has 3 aromatic rings. The van der Waals surface area contributed by atoms with E-state index in [1.807, 2.05) is 72.8 Å². The molecule has 0 saturated carbocycles. The molecule has 0 aliphatic carbocycles. The Bertz CT molecular complexity index is 964. The van der Waals surface area contributed by atoms with Crippen LogP contribution in [0.1, 0.15) is 22.8 Å². The summed E-state index contributed by atoms with van der Waals surface area (Å²) in [6.07, 6.45) is 1.58. The Morgan fingerprint density at radius 1 is 0.667 bits per heavy atom. The lowest BCUT2D eigenvalue weighted by molar-refractivity contribution is -0.114. The average Bonchev–Trinajstić information content (AvgIpc) is 2.70. The molecule has 27 heavy (non-hydrogen) atoms. The van der Waals surface area contributed by atoms with Crippen LogP contribution in [0.3, 0.4) is 0 Å². The lowest BCUT2D eigenvalue weighted by atomic mass is 10.1. The van der Waals surface area contributed by atoms with Crippen LogP contribution >= 0.6 is 0 Å². The van der Waals surface area contributed by atoms with Gasteiger partial charge < -0.3 is 10.6 Å². The zero-order valence-corrected chi connectivity index (χ0v) is 15.0. The summed E-state index contributed by atoms with van der Waals surface area (Å²) >= 11 is 0.